The van der Waals surface area contributed by atoms with Crippen molar-refractivity contribution < 1.29 is 9.47 Å². The van der Waals surface area contributed by atoms with Gasteiger partial charge in [-0.05, 0) is 18.6 Å². The lowest BCUT2D eigenvalue weighted by Gasteiger charge is -2.05. The van der Waals surface area contributed by atoms with Crippen LogP contribution in [-0.2, 0) is 10.3 Å². The van der Waals surface area contributed by atoms with Crippen LogP contribution in [0.25, 0.3) is 0 Å². The summed E-state index contributed by atoms with van der Waals surface area (Å²) in [6, 6.07) is 3.86. The molecule has 1 unspecified atom stereocenters. The average molecular weight is 165 g/mol. The number of epoxide rings is 1. The molecule has 0 spiro atoms. The van der Waals surface area contributed by atoms with Gasteiger partial charge < -0.3 is 9.47 Å². The van der Waals surface area contributed by atoms with Gasteiger partial charge in [-0.2, -0.15) is 0 Å². The molecule has 1 atom stereocenters. The first-order chi connectivity index (χ1) is 5.74. The largest absolute Gasteiger partial charge is 0.481 e. The molecular formula is C9H11NO2. The Morgan fingerprint density at radius 3 is 3.00 bits per heavy atom. The van der Waals surface area contributed by atoms with Gasteiger partial charge in [0.05, 0.1) is 13.7 Å². The van der Waals surface area contributed by atoms with Gasteiger partial charge in [0.25, 0.3) is 0 Å². The summed E-state index contributed by atoms with van der Waals surface area (Å²) in [7, 11) is 1.61. The second-order valence-electron chi connectivity index (χ2n) is 3.11. The van der Waals surface area contributed by atoms with Crippen LogP contribution in [0.4, 0.5) is 0 Å². The van der Waals surface area contributed by atoms with E-state index in [0.29, 0.717) is 5.88 Å². The lowest BCUT2D eigenvalue weighted by Crippen LogP contribution is -2.02. The molecule has 3 heteroatoms. The van der Waals surface area contributed by atoms with Crippen LogP contribution in [0.5, 0.6) is 5.88 Å². The van der Waals surface area contributed by atoms with Crippen molar-refractivity contribution in [1.82, 2.24) is 4.98 Å². The van der Waals surface area contributed by atoms with Gasteiger partial charge >= 0.3 is 0 Å². The number of nitrogens with zero attached hydrogens (tertiary/aromatic N) is 1. The van der Waals surface area contributed by atoms with E-state index >= 15 is 0 Å². The normalized spacial score (nSPS) is 26.8. The molecule has 0 N–H and O–H groups in total. The van der Waals surface area contributed by atoms with Crippen molar-refractivity contribution in [2.75, 3.05) is 13.7 Å². The molecule has 0 aromatic carbocycles. The zero-order valence-electron chi connectivity index (χ0n) is 7.20. The Morgan fingerprint density at radius 1 is 1.67 bits per heavy atom. The monoisotopic (exact) mass is 165 g/mol. The van der Waals surface area contributed by atoms with E-state index in [1.54, 1.807) is 13.3 Å². The van der Waals surface area contributed by atoms with E-state index in [0.717, 1.165) is 12.2 Å². The van der Waals surface area contributed by atoms with Crippen LogP contribution in [0.1, 0.15) is 12.5 Å². The molecule has 1 saturated heterocycles. The maximum Gasteiger partial charge on any atom is 0.213 e. The molecule has 1 aromatic rings. The summed E-state index contributed by atoms with van der Waals surface area (Å²) in [6.07, 6.45) is 1.74. The van der Waals surface area contributed by atoms with E-state index in [1.807, 2.05) is 12.1 Å². The molecule has 0 amide bonds. The minimum Gasteiger partial charge on any atom is -0.481 e. The Bertz CT molecular complexity index is 294. The molecule has 1 fully saturated rings. The van der Waals surface area contributed by atoms with Gasteiger partial charge in [0.2, 0.25) is 5.88 Å². The quantitative estimate of drug-likeness (QED) is 0.620. The molecule has 1 aromatic heterocycles. The highest BCUT2D eigenvalue weighted by Gasteiger charge is 2.41. The van der Waals surface area contributed by atoms with Crippen LogP contribution >= 0.6 is 0 Å². The predicted octanol–water partition coefficient (Wildman–Crippen LogP) is 1.34. The zero-order valence-corrected chi connectivity index (χ0v) is 7.20. The lowest BCUT2D eigenvalue weighted by molar-refractivity contribution is 0.327. The van der Waals surface area contributed by atoms with Gasteiger partial charge in [0.15, 0.2) is 0 Å². The van der Waals surface area contributed by atoms with Crippen molar-refractivity contribution in [1.29, 1.82) is 0 Å². The Hall–Kier alpha value is -1.09. The van der Waals surface area contributed by atoms with E-state index in [4.69, 9.17) is 9.47 Å². The Kier molecular flexibility index (Phi) is 1.54. The first-order valence-corrected chi connectivity index (χ1v) is 3.89. The van der Waals surface area contributed by atoms with Crippen LogP contribution < -0.4 is 4.74 Å². The SMILES string of the molecule is COc1cc(C2(C)CO2)ccn1. The summed E-state index contributed by atoms with van der Waals surface area (Å²) in [6.45, 7) is 2.85. The van der Waals surface area contributed by atoms with Crippen molar-refractivity contribution in [2.45, 2.75) is 12.5 Å². The number of methoxy groups -OCH3 is 1. The molecule has 0 saturated carbocycles. The third-order valence-electron chi connectivity index (χ3n) is 2.13. The molecule has 2 heterocycles. The van der Waals surface area contributed by atoms with Crippen molar-refractivity contribution in [2.24, 2.45) is 0 Å². The fraction of sp³-hybridized carbons (Fsp3) is 0.444. The summed E-state index contributed by atoms with van der Waals surface area (Å²) in [5, 5.41) is 0. The number of pyridine rings is 1. The minimum absolute atomic E-state index is 0.0871. The topological polar surface area (TPSA) is 34.6 Å². The van der Waals surface area contributed by atoms with Crippen molar-refractivity contribution >= 4 is 0 Å². The van der Waals surface area contributed by atoms with E-state index in [-0.39, 0.29) is 5.60 Å². The summed E-state index contributed by atoms with van der Waals surface area (Å²) in [4.78, 5) is 4.02. The molecule has 3 nitrogen and oxygen atoms in total. The third kappa shape index (κ3) is 1.16. The van der Waals surface area contributed by atoms with E-state index < -0.39 is 0 Å². The lowest BCUT2D eigenvalue weighted by atomic mass is 10.0. The molecule has 12 heavy (non-hydrogen) atoms. The Labute approximate surface area is 71.3 Å². The number of rotatable bonds is 2. The van der Waals surface area contributed by atoms with E-state index in [2.05, 4.69) is 11.9 Å². The summed E-state index contributed by atoms with van der Waals surface area (Å²) in [5.74, 6) is 0.643. The fourth-order valence-electron chi connectivity index (χ4n) is 1.12. The van der Waals surface area contributed by atoms with Gasteiger partial charge in [-0.1, -0.05) is 0 Å². The first kappa shape index (κ1) is 7.55. The van der Waals surface area contributed by atoms with Gasteiger partial charge in [-0.25, -0.2) is 4.98 Å². The molecule has 0 radical (unpaired) electrons. The minimum atomic E-state index is -0.0871. The van der Waals surface area contributed by atoms with Gasteiger partial charge in [0, 0.05) is 12.3 Å². The zero-order chi connectivity index (χ0) is 8.60. The van der Waals surface area contributed by atoms with Crippen LogP contribution in [0, 0.1) is 0 Å². The highest BCUT2D eigenvalue weighted by Crippen LogP contribution is 2.38. The Morgan fingerprint density at radius 2 is 2.42 bits per heavy atom. The summed E-state index contributed by atoms with van der Waals surface area (Å²) >= 11 is 0. The van der Waals surface area contributed by atoms with Gasteiger partial charge in [-0.15, -0.1) is 0 Å². The second kappa shape index (κ2) is 2.45. The van der Waals surface area contributed by atoms with E-state index in [9.17, 15) is 0 Å². The molecule has 1 aliphatic rings. The molecule has 64 valence electrons. The van der Waals surface area contributed by atoms with E-state index in [1.165, 1.54) is 0 Å². The summed E-state index contributed by atoms with van der Waals surface area (Å²) < 4.78 is 10.3. The number of hydrogen-bond donors (Lipinski definition) is 0. The molecule has 0 aliphatic carbocycles. The highest BCUT2D eigenvalue weighted by molar-refractivity contribution is 5.28. The number of aromatic nitrogens is 1. The molecular weight excluding hydrogens is 154 g/mol. The van der Waals surface area contributed by atoms with Crippen molar-refractivity contribution in [3.63, 3.8) is 0 Å². The standard InChI is InChI=1S/C9H11NO2/c1-9(6-12-9)7-3-4-10-8(5-7)11-2/h3-5H,6H2,1-2H3. The van der Waals surface area contributed by atoms with Crippen LogP contribution in [0.2, 0.25) is 0 Å². The fourth-order valence-corrected chi connectivity index (χ4v) is 1.12. The molecule has 0 bridgehead atoms. The number of ether oxygens (including phenoxy) is 2. The van der Waals surface area contributed by atoms with Gasteiger partial charge in [-0.3, -0.25) is 0 Å². The smallest absolute Gasteiger partial charge is 0.213 e. The second-order valence-corrected chi connectivity index (χ2v) is 3.11. The Balaban J connectivity index is 2.32. The maximum absolute atomic E-state index is 5.30. The van der Waals surface area contributed by atoms with Gasteiger partial charge in [0.1, 0.15) is 5.60 Å². The maximum atomic E-state index is 5.30. The van der Waals surface area contributed by atoms with Crippen molar-refractivity contribution in [3.8, 4) is 5.88 Å². The van der Waals surface area contributed by atoms with Crippen molar-refractivity contribution in [3.05, 3.63) is 23.9 Å². The summed E-state index contributed by atoms with van der Waals surface area (Å²) in [5.41, 5.74) is 1.05. The number of hydrogen-bond acceptors (Lipinski definition) is 3. The van der Waals surface area contributed by atoms with Crippen LogP contribution in [0.3, 0.4) is 0 Å². The first-order valence-electron chi connectivity index (χ1n) is 3.89. The third-order valence-corrected chi connectivity index (χ3v) is 2.13. The predicted molar refractivity (Wildman–Crippen MR) is 44.1 cm³/mol. The molecule has 2 rings (SSSR count). The van der Waals surface area contributed by atoms with Crippen LogP contribution in [0.15, 0.2) is 18.3 Å². The average Bonchev–Trinajstić information content (AvgIpc) is 2.85. The van der Waals surface area contributed by atoms with Crippen LogP contribution in [-0.4, -0.2) is 18.7 Å². The highest BCUT2D eigenvalue weighted by atomic mass is 16.6. The molecule has 1 aliphatic heterocycles.